The van der Waals surface area contributed by atoms with Crippen LogP contribution < -0.4 is 10.9 Å². The molecule has 1 fully saturated rings. The molecule has 0 aliphatic carbocycles. The maximum absolute atomic E-state index is 13.7. The first kappa shape index (κ1) is 14.0. The van der Waals surface area contributed by atoms with Crippen LogP contribution in [-0.4, -0.2) is 17.3 Å². The van der Waals surface area contributed by atoms with E-state index in [9.17, 15) is 13.6 Å². The lowest BCUT2D eigenvalue weighted by molar-refractivity contribution is 0.160. The summed E-state index contributed by atoms with van der Waals surface area (Å²) in [5.74, 6) is -0.850. The number of hydrogen-bond donors (Lipinski definition) is 1. The van der Waals surface area contributed by atoms with Gasteiger partial charge in [0.2, 0.25) is 0 Å². The minimum Gasteiger partial charge on any atom is -0.384 e. The van der Waals surface area contributed by atoms with Crippen molar-refractivity contribution in [1.82, 2.24) is 10.1 Å². The molecule has 1 aromatic carbocycles. The third-order valence-corrected chi connectivity index (χ3v) is 3.88. The zero-order valence-corrected chi connectivity index (χ0v) is 11.4. The number of nitrogens with zero attached hydrogens (tertiary/aromatic N) is 1. The molecule has 1 aliphatic heterocycles. The van der Waals surface area contributed by atoms with Gasteiger partial charge in [0.25, 0.3) is 5.56 Å². The molecule has 4 nitrogen and oxygen atoms in total. The van der Waals surface area contributed by atoms with Crippen molar-refractivity contribution in [2.75, 3.05) is 6.54 Å². The molecule has 1 aromatic heterocycles. The van der Waals surface area contributed by atoms with Gasteiger partial charge in [0.1, 0.15) is 17.9 Å². The lowest BCUT2D eigenvalue weighted by atomic mass is 9.94. The van der Waals surface area contributed by atoms with E-state index in [0.29, 0.717) is 24.9 Å². The van der Waals surface area contributed by atoms with Crippen LogP contribution in [0.5, 0.6) is 0 Å². The fraction of sp³-hybridized carbons (Fsp3) is 0.400. The Morgan fingerprint density at radius 2 is 2.19 bits per heavy atom. The predicted octanol–water partition coefficient (Wildman–Crippen LogP) is 2.26. The number of nitrogens with one attached hydrogen (secondary N) is 1. The molecule has 0 unspecified atom stereocenters. The molecule has 1 N–H and O–H groups in total. The summed E-state index contributed by atoms with van der Waals surface area (Å²) in [4.78, 5) is 11.6. The van der Waals surface area contributed by atoms with Gasteiger partial charge in [-0.3, -0.25) is 4.79 Å². The molecule has 0 radical (unpaired) electrons. The van der Waals surface area contributed by atoms with Gasteiger partial charge in [0.15, 0.2) is 0 Å². The Kier molecular flexibility index (Phi) is 3.88. The highest BCUT2D eigenvalue weighted by Gasteiger charge is 2.25. The van der Waals surface area contributed by atoms with Crippen LogP contribution in [0.3, 0.4) is 0 Å². The van der Waals surface area contributed by atoms with E-state index in [4.69, 9.17) is 4.52 Å². The molecule has 2 heterocycles. The largest absolute Gasteiger partial charge is 0.384 e. The number of halogens is 2. The molecule has 1 aliphatic rings. The maximum atomic E-state index is 13.7. The molecule has 3 rings (SSSR count). The summed E-state index contributed by atoms with van der Waals surface area (Å²) in [6.45, 7) is 0.708. The summed E-state index contributed by atoms with van der Waals surface area (Å²) in [7, 11) is 0. The zero-order chi connectivity index (χ0) is 14.8. The van der Waals surface area contributed by atoms with Gasteiger partial charge in [-0.25, -0.2) is 8.78 Å². The third-order valence-electron chi connectivity index (χ3n) is 3.88. The van der Waals surface area contributed by atoms with Crippen molar-refractivity contribution in [3.63, 3.8) is 0 Å². The van der Waals surface area contributed by atoms with Crippen molar-refractivity contribution >= 4 is 0 Å². The van der Waals surface area contributed by atoms with Crippen LogP contribution in [-0.2, 0) is 6.42 Å². The van der Waals surface area contributed by atoms with Crippen LogP contribution in [0.2, 0.25) is 0 Å². The fourth-order valence-corrected chi connectivity index (χ4v) is 2.86. The van der Waals surface area contributed by atoms with Gasteiger partial charge in [-0.2, -0.15) is 4.74 Å². The first-order valence-corrected chi connectivity index (χ1v) is 6.97. The Bertz CT molecular complexity index is 680. The van der Waals surface area contributed by atoms with E-state index in [-0.39, 0.29) is 17.6 Å². The van der Waals surface area contributed by atoms with Gasteiger partial charge in [-0.05, 0) is 49.6 Å². The van der Waals surface area contributed by atoms with E-state index in [1.807, 2.05) is 0 Å². The van der Waals surface area contributed by atoms with E-state index >= 15 is 0 Å². The standard InChI is InChI=1S/C15H16F2N2O2/c16-11-1-2-14(17)10(7-11)8-12-9-13(3-5-18-12)19-15(20)4-6-21-19/h1-2,4,6-7,12-13,18H,3,5,8-9H2/t12-,13+/m0/s1. The van der Waals surface area contributed by atoms with Crippen molar-refractivity contribution in [3.05, 3.63) is 58.1 Å². The maximum Gasteiger partial charge on any atom is 0.282 e. The summed E-state index contributed by atoms with van der Waals surface area (Å²) >= 11 is 0. The molecular formula is C15H16F2N2O2. The highest BCUT2D eigenvalue weighted by atomic mass is 19.1. The molecule has 112 valence electrons. The van der Waals surface area contributed by atoms with Crippen molar-refractivity contribution in [2.24, 2.45) is 0 Å². The first-order valence-electron chi connectivity index (χ1n) is 6.97. The van der Waals surface area contributed by atoms with Crippen molar-refractivity contribution in [3.8, 4) is 0 Å². The second-order valence-electron chi connectivity index (χ2n) is 5.34. The molecule has 0 saturated carbocycles. The Labute approximate surface area is 120 Å². The molecule has 2 atom stereocenters. The summed E-state index contributed by atoms with van der Waals surface area (Å²) in [5, 5.41) is 3.28. The SMILES string of the molecule is O=c1ccon1[C@@H]1CCN[C@@H](Cc2cc(F)ccc2F)C1. The molecule has 21 heavy (non-hydrogen) atoms. The number of benzene rings is 1. The normalized spacial score (nSPS) is 22.4. The molecular weight excluding hydrogens is 278 g/mol. The summed E-state index contributed by atoms with van der Waals surface area (Å²) in [6, 6.07) is 4.79. The van der Waals surface area contributed by atoms with Crippen LogP contribution in [0.15, 0.2) is 39.8 Å². The Morgan fingerprint density at radius 3 is 2.95 bits per heavy atom. The van der Waals surface area contributed by atoms with E-state index in [2.05, 4.69) is 5.32 Å². The molecule has 2 aromatic rings. The third kappa shape index (κ3) is 3.05. The number of aromatic nitrogens is 1. The zero-order valence-electron chi connectivity index (χ0n) is 11.4. The van der Waals surface area contributed by atoms with Gasteiger partial charge in [-0.1, -0.05) is 0 Å². The van der Waals surface area contributed by atoms with E-state index in [1.54, 1.807) is 0 Å². The number of piperidine rings is 1. The highest BCUT2D eigenvalue weighted by Crippen LogP contribution is 2.23. The van der Waals surface area contributed by atoms with Crippen molar-refractivity contribution in [1.29, 1.82) is 0 Å². The van der Waals surface area contributed by atoms with Crippen LogP contribution in [0.1, 0.15) is 24.4 Å². The number of hydrogen-bond acceptors (Lipinski definition) is 3. The second kappa shape index (κ2) is 5.81. The molecule has 0 amide bonds. The smallest absolute Gasteiger partial charge is 0.282 e. The quantitative estimate of drug-likeness (QED) is 0.944. The van der Waals surface area contributed by atoms with Crippen molar-refractivity contribution < 1.29 is 13.3 Å². The second-order valence-corrected chi connectivity index (χ2v) is 5.34. The van der Waals surface area contributed by atoms with E-state index in [0.717, 1.165) is 18.6 Å². The lowest BCUT2D eigenvalue weighted by Gasteiger charge is -2.30. The van der Waals surface area contributed by atoms with E-state index in [1.165, 1.54) is 23.1 Å². The molecule has 1 saturated heterocycles. The Balaban J connectivity index is 1.73. The van der Waals surface area contributed by atoms with Gasteiger partial charge in [0, 0.05) is 12.1 Å². The van der Waals surface area contributed by atoms with E-state index < -0.39 is 11.6 Å². The first-order chi connectivity index (χ1) is 10.1. The van der Waals surface area contributed by atoms with Gasteiger partial charge < -0.3 is 9.84 Å². The van der Waals surface area contributed by atoms with Gasteiger partial charge >= 0.3 is 0 Å². The van der Waals surface area contributed by atoms with Gasteiger partial charge in [-0.15, -0.1) is 0 Å². The summed E-state index contributed by atoms with van der Waals surface area (Å²) in [6.07, 6.45) is 3.17. The average molecular weight is 294 g/mol. The Hall–Kier alpha value is -1.95. The minimum atomic E-state index is -0.444. The summed E-state index contributed by atoms with van der Waals surface area (Å²) < 4.78 is 33.4. The topological polar surface area (TPSA) is 47.2 Å². The Morgan fingerprint density at radius 1 is 1.33 bits per heavy atom. The van der Waals surface area contributed by atoms with Crippen LogP contribution in [0.25, 0.3) is 0 Å². The van der Waals surface area contributed by atoms with Crippen molar-refractivity contribution in [2.45, 2.75) is 31.3 Å². The van der Waals surface area contributed by atoms with Gasteiger partial charge in [0.05, 0.1) is 6.04 Å². The fourth-order valence-electron chi connectivity index (χ4n) is 2.86. The highest BCUT2D eigenvalue weighted by molar-refractivity contribution is 5.20. The van der Waals surface area contributed by atoms with Crippen LogP contribution in [0.4, 0.5) is 8.78 Å². The van der Waals surface area contributed by atoms with Crippen LogP contribution >= 0.6 is 0 Å². The number of rotatable bonds is 3. The average Bonchev–Trinajstić information content (AvgIpc) is 2.89. The lowest BCUT2D eigenvalue weighted by Crippen LogP contribution is -2.41. The molecule has 0 spiro atoms. The molecule has 0 bridgehead atoms. The summed E-state index contributed by atoms with van der Waals surface area (Å²) in [5.41, 5.74) is 0.178. The molecule has 6 heteroatoms. The monoisotopic (exact) mass is 294 g/mol. The predicted molar refractivity (Wildman–Crippen MR) is 73.1 cm³/mol. The minimum absolute atomic E-state index is 0.0166. The van der Waals surface area contributed by atoms with Crippen LogP contribution in [0, 0.1) is 11.6 Å².